The molecule has 0 radical (unpaired) electrons. The van der Waals surface area contributed by atoms with E-state index in [1.165, 1.54) is 6.08 Å². The van der Waals surface area contributed by atoms with Crippen LogP contribution in [0.2, 0.25) is 0 Å². The SMILES string of the molecule is C=CC(=O)N1CCc2nc(C)[nH]c(=O)c2CC1. The lowest BCUT2D eigenvalue weighted by molar-refractivity contribution is -0.125. The average Bonchev–Trinajstić information content (AvgIpc) is 2.50. The molecule has 90 valence electrons. The molecule has 2 heterocycles. The Kier molecular flexibility index (Phi) is 3.08. The van der Waals surface area contributed by atoms with Gasteiger partial charge in [0.2, 0.25) is 5.91 Å². The molecule has 0 fully saturated rings. The van der Waals surface area contributed by atoms with Gasteiger partial charge in [0.05, 0.1) is 5.69 Å². The molecule has 0 aliphatic carbocycles. The number of H-pyrrole nitrogens is 1. The van der Waals surface area contributed by atoms with Gasteiger partial charge in [0.25, 0.3) is 5.56 Å². The summed E-state index contributed by atoms with van der Waals surface area (Å²) in [5.74, 6) is 0.531. The van der Waals surface area contributed by atoms with Gasteiger partial charge in [-0.15, -0.1) is 0 Å². The van der Waals surface area contributed by atoms with Crippen molar-refractivity contribution in [2.45, 2.75) is 19.8 Å². The maximum Gasteiger partial charge on any atom is 0.254 e. The minimum atomic E-state index is -0.0917. The van der Waals surface area contributed by atoms with Crippen LogP contribution in [0.1, 0.15) is 17.1 Å². The van der Waals surface area contributed by atoms with Crippen molar-refractivity contribution in [2.75, 3.05) is 13.1 Å². The second-order valence-corrected chi connectivity index (χ2v) is 4.11. The largest absolute Gasteiger partial charge is 0.338 e. The first-order valence-electron chi connectivity index (χ1n) is 5.62. The average molecular weight is 233 g/mol. The maximum atomic E-state index is 11.8. The van der Waals surface area contributed by atoms with Gasteiger partial charge in [-0.25, -0.2) is 4.98 Å². The predicted molar refractivity (Wildman–Crippen MR) is 63.8 cm³/mol. The number of nitrogens with zero attached hydrogens (tertiary/aromatic N) is 2. The fourth-order valence-corrected chi connectivity index (χ4v) is 2.08. The summed E-state index contributed by atoms with van der Waals surface area (Å²) in [5, 5.41) is 0. The highest BCUT2D eigenvalue weighted by molar-refractivity contribution is 5.87. The second-order valence-electron chi connectivity index (χ2n) is 4.11. The summed E-state index contributed by atoms with van der Waals surface area (Å²) in [7, 11) is 0. The highest BCUT2D eigenvalue weighted by Gasteiger charge is 2.19. The van der Waals surface area contributed by atoms with E-state index in [4.69, 9.17) is 0 Å². The number of aromatic amines is 1. The molecular formula is C12H15N3O2. The zero-order valence-electron chi connectivity index (χ0n) is 9.82. The molecule has 0 saturated carbocycles. The quantitative estimate of drug-likeness (QED) is 0.704. The molecule has 0 spiro atoms. The van der Waals surface area contributed by atoms with E-state index in [2.05, 4.69) is 16.5 Å². The first-order valence-corrected chi connectivity index (χ1v) is 5.62. The van der Waals surface area contributed by atoms with Crippen LogP contribution in [-0.2, 0) is 17.6 Å². The number of carbonyl (C=O) groups is 1. The molecule has 1 aliphatic heterocycles. The minimum Gasteiger partial charge on any atom is -0.338 e. The van der Waals surface area contributed by atoms with Crippen molar-refractivity contribution in [3.05, 3.63) is 40.1 Å². The number of carbonyl (C=O) groups excluding carboxylic acids is 1. The zero-order chi connectivity index (χ0) is 12.4. The molecule has 0 aromatic carbocycles. The molecule has 0 saturated heterocycles. The van der Waals surface area contributed by atoms with Gasteiger partial charge in [0, 0.05) is 25.1 Å². The summed E-state index contributed by atoms with van der Waals surface area (Å²) in [6.45, 7) is 6.37. The Balaban J connectivity index is 2.30. The zero-order valence-corrected chi connectivity index (χ0v) is 9.82. The Morgan fingerprint density at radius 2 is 2.18 bits per heavy atom. The number of aryl methyl sites for hydroxylation is 1. The third kappa shape index (κ3) is 2.27. The number of hydrogen-bond acceptors (Lipinski definition) is 3. The molecule has 1 N–H and O–H groups in total. The van der Waals surface area contributed by atoms with Crippen molar-refractivity contribution in [1.29, 1.82) is 0 Å². The van der Waals surface area contributed by atoms with Gasteiger partial charge >= 0.3 is 0 Å². The van der Waals surface area contributed by atoms with Crippen molar-refractivity contribution in [2.24, 2.45) is 0 Å². The van der Waals surface area contributed by atoms with Gasteiger partial charge in [-0.1, -0.05) is 6.58 Å². The third-order valence-electron chi connectivity index (χ3n) is 2.96. The van der Waals surface area contributed by atoms with E-state index in [9.17, 15) is 9.59 Å². The minimum absolute atomic E-state index is 0.0830. The van der Waals surface area contributed by atoms with Crippen LogP contribution >= 0.6 is 0 Å². The second kappa shape index (κ2) is 4.53. The topological polar surface area (TPSA) is 66.1 Å². The van der Waals surface area contributed by atoms with Crippen LogP contribution < -0.4 is 5.56 Å². The molecule has 1 amide bonds. The number of fused-ring (bicyclic) bond motifs is 1. The van der Waals surface area contributed by atoms with E-state index in [-0.39, 0.29) is 11.5 Å². The van der Waals surface area contributed by atoms with Gasteiger partial charge < -0.3 is 9.88 Å². The summed E-state index contributed by atoms with van der Waals surface area (Å²) in [5.41, 5.74) is 1.43. The Bertz CT molecular complexity index is 519. The Hall–Kier alpha value is -1.91. The number of rotatable bonds is 1. The van der Waals surface area contributed by atoms with Crippen LogP contribution in [0.25, 0.3) is 0 Å². The smallest absolute Gasteiger partial charge is 0.254 e. The fraction of sp³-hybridized carbons (Fsp3) is 0.417. The summed E-state index contributed by atoms with van der Waals surface area (Å²) >= 11 is 0. The van der Waals surface area contributed by atoms with Crippen LogP contribution in [0.5, 0.6) is 0 Å². The molecule has 5 nitrogen and oxygen atoms in total. The van der Waals surface area contributed by atoms with Crippen molar-refractivity contribution >= 4 is 5.91 Å². The van der Waals surface area contributed by atoms with Crippen LogP contribution in [0.3, 0.4) is 0 Å². The molecule has 5 heteroatoms. The lowest BCUT2D eigenvalue weighted by Gasteiger charge is -2.17. The fourth-order valence-electron chi connectivity index (χ4n) is 2.08. The first-order chi connectivity index (χ1) is 8.11. The predicted octanol–water partition coefficient (Wildman–Crippen LogP) is 0.192. The molecule has 1 aromatic heterocycles. The first kappa shape index (κ1) is 11.6. The number of hydrogen-bond donors (Lipinski definition) is 1. The maximum absolute atomic E-state index is 11.8. The van der Waals surface area contributed by atoms with E-state index in [0.717, 1.165) is 5.69 Å². The van der Waals surface area contributed by atoms with Gasteiger partial charge in [-0.3, -0.25) is 9.59 Å². The number of aromatic nitrogens is 2. The molecule has 17 heavy (non-hydrogen) atoms. The van der Waals surface area contributed by atoms with Gasteiger partial charge in [-0.2, -0.15) is 0 Å². The van der Waals surface area contributed by atoms with Crippen LogP contribution in [0.15, 0.2) is 17.4 Å². The molecule has 1 aliphatic rings. The van der Waals surface area contributed by atoms with Gasteiger partial charge in [-0.05, 0) is 19.4 Å². The van der Waals surface area contributed by atoms with E-state index >= 15 is 0 Å². The van der Waals surface area contributed by atoms with Gasteiger partial charge in [0.15, 0.2) is 0 Å². The van der Waals surface area contributed by atoms with Crippen molar-refractivity contribution in [1.82, 2.24) is 14.9 Å². The standard InChI is InChI=1S/C12H15N3O2/c1-3-11(16)15-6-4-9-10(5-7-15)13-8(2)14-12(9)17/h3H,1,4-7H2,2H3,(H,13,14,17). The Morgan fingerprint density at radius 3 is 2.88 bits per heavy atom. The molecule has 1 aromatic rings. The van der Waals surface area contributed by atoms with Crippen LogP contribution in [0, 0.1) is 6.92 Å². The van der Waals surface area contributed by atoms with Crippen LogP contribution in [0.4, 0.5) is 0 Å². The van der Waals surface area contributed by atoms with Crippen molar-refractivity contribution < 1.29 is 4.79 Å². The molecule has 0 atom stereocenters. The number of nitrogens with one attached hydrogen (secondary N) is 1. The summed E-state index contributed by atoms with van der Waals surface area (Å²) in [4.78, 5) is 32.0. The summed E-state index contributed by atoms with van der Waals surface area (Å²) in [6.07, 6.45) is 2.48. The third-order valence-corrected chi connectivity index (χ3v) is 2.96. The lowest BCUT2D eigenvalue weighted by Crippen LogP contribution is -2.31. The summed E-state index contributed by atoms with van der Waals surface area (Å²) < 4.78 is 0. The monoisotopic (exact) mass is 233 g/mol. The normalized spacial score (nSPS) is 15.0. The van der Waals surface area contributed by atoms with Gasteiger partial charge in [0.1, 0.15) is 5.82 Å². The highest BCUT2D eigenvalue weighted by Crippen LogP contribution is 2.10. The van der Waals surface area contributed by atoms with Crippen LogP contribution in [-0.4, -0.2) is 33.9 Å². The highest BCUT2D eigenvalue weighted by atomic mass is 16.2. The van der Waals surface area contributed by atoms with E-state index in [0.29, 0.717) is 37.3 Å². The summed E-state index contributed by atoms with van der Waals surface area (Å²) in [6, 6.07) is 0. The molecule has 0 unspecified atom stereocenters. The van der Waals surface area contributed by atoms with E-state index in [1.54, 1.807) is 11.8 Å². The van der Waals surface area contributed by atoms with Crippen molar-refractivity contribution in [3.63, 3.8) is 0 Å². The Morgan fingerprint density at radius 1 is 1.47 bits per heavy atom. The Labute approximate surface area is 99.2 Å². The number of amides is 1. The molecule has 0 bridgehead atoms. The molecule has 2 rings (SSSR count). The molecular weight excluding hydrogens is 218 g/mol. The van der Waals surface area contributed by atoms with E-state index in [1.807, 2.05) is 0 Å². The lowest BCUT2D eigenvalue weighted by atomic mass is 10.1. The van der Waals surface area contributed by atoms with E-state index < -0.39 is 0 Å². The van der Waals surface area contributed by atoms with Crippen molar-refractivity contribution in [3.8, 4) is 0 Å².